The third-order valence-electron chi connectivity index (χ3n) is 6.62. The van der Waals surface area contributed by atoms with Crippen LogP contribution in [0.15, 0.2) is 12.2 Å². The summed E-state index contributed by atoms with van der Waals surface area (Å²) < 4.78 is 0. The molecule has 1 heterocycles. The Morgan fingerprint density at radius 3 is 2.02 bits per heavy atom. The smallest absolute Gasteiger partial charge is 0.326 e. The molecule has 3 atom stereocenters. The number of nitrogens with two attached hydrogens (primary N) is 2. The molecule has 1 aliphatic heterocycles. The van der Waals surface area contributed by atoms with Crippen LogP contribution in [0.1, 0.15) is 71.6 Å². The van der Waals surface area contributed by atoms with Crippen LogP contribution in [0, 0.1) is 5.92 Å². The number of nitrogens with one attached hydrogen (secondary N) is 4. The molecule has 42 heavy (non-hydrogen) atoms. The molecule has 0 aromatic heterocycles. The van der Waals surface area contributed by atoms with Gasteiger partial charge in [0.2, 0.25) is 17.7 Å². The SMILES string of the molecule is CC(C)[C@H](NC(=O)CCCCCN1C(=O)C=CC1=O)C(=O)N[C@@H](CCCNC(N)=O)C(=O)N[C@@H](CCCCN)C(=O)O. The molecular weight excluding hydrogens is 550 g/mol. The van der Waals surface area contributed by atoms with Gasteiger partial charge in [-0.3, -0.25) is 28.9 Å². The fraction of sp³-hybridized carbons (Fsp3) is 0.667. The number of urea groups is 1. The number of nitrogens with zero attached hydrogens (tertiary/aromatic N) is 1. The molecule has 0 aliphatic carbocycles. The van der Waals surface area contributed by atoms with Gasteiger partial charge in [0.15, 0.2) is 0 Å². The Morgan fingerprint density at radius 2 is 1.45 bits per heavy atom. The van der Waals surface area contributed by atoms with Crippen LogP contribution in [0.3, 0.4) is 0 Å². The highest BCUT2D eigenvalue weighted by Gasteiger charge is 2.30. The fourth-order valence-corrected chi connectivity index (χ4v) is 4.23. The lowest BCUT2D eigenvalue weighted by molar-refractivity contribution is -0.142. The molecule has 0 radical (unpaired) electrons. The van der Waals surface area contributed by atoms with Gasteiger partial charge >= 0.3 is 12.0 Å². The summed E-state index contributed by atoms with van der Waals surface area (Å²) in [5.41, 5.74) is 10.5. The zero-order valence-electron chi connectivity index (χ0n) is 24.4. The summed E-state index contributed by atoms with van der Waals surface area (Å²) in [6.07, 6.45) is 5.70. The van der Waals surface area contributed by atoms with Crippen molar-refractivity contribution in [2.24, 2.45) is 17.4 Å². The quantitative estimate of drug-likeness (QED) is 0.0650. The number of carboxylic acids is 1. The van der Waals surface area contributed by atoms with Crippen molar-refractivity contribution in [2.75, 3.05) is 19.6 Å². The highest BCUT2D eigenvalue weighted by molar-refractivity contribution is 6.12. The van der Waals surface area contributed by atoms with Crippen molar-refractivity contribution in [2.45, 2.75) is 89.8 Å². The van der Waals surface area contributed by atoms with Gasteiger partial charge in [-0.05, 0) is 57.4 Å². The lowest BCUT2D eigenvalue weighted by atomic mass is 10.0. The molecule has 1 rings (SSSR count). The summed E-state index contributed by atoms with van der Waals surface area (Å²) in [6.45, 7) is 4.23. The van der Waals surface area contributed by atoms with Gasteiger partial charge < -0.3 is 37.8 Å². The Labute approximate surface area is 245 Å². The van der Waals surface area contributed by atoms with Crippen molar-refractivity contribution in [1.29, 1.82) is 0 Å². The van der Waals surface area contributed by atoms with Gasteiger partial charge in [0.1, 0.15) is 18.1 Å². The van der Waals surface area contributed by atoms with Crippen LogP contribution in [0.25, 0.3) is 0 Å². The number of carboxylic acid groups (broad SMARTS) is 1. The second-order valence-corrected chi connectivity index (χ2v) is 10.4. The van der Waals surface area contributed by atoms with Gasteiger partial charge in [-0.1, -0.05) is 20.3 Å². The minimum absolute atomic E-state index is 0.0727. The average molecular weight is 596 g/mol. The van der Waals surface area contributed by atoms with E-state index in [1.165, 1.54) is 12.2 Å². The summed E-state index contributed by atoms with van der Waals surface area (Å²) in [4.78, 5) is 85.8. The van der Waals surface area contributed by atoms with E-state index >= 15 is 0 Å². The number of rotatable bonds is 21. The first-order valence-electron chi connectivity index (χ1n) is 14.3. The Bertz CT molecular complexity index is 983. The summed E-state index contributed by atoms with van der Waals surface area (Å²) in [6, 6.07) is -4.02. The van der Waals surface area contributed by atoms with Crippen molar-refractivity contribution >= 4 is 41.5 Å². The van der Waals surface area contributed by atoms with E-state index in [0.717, 1.165) is 4.90 Å². The van der Waals surface area contributed by atoms with Crippen LogP contribution in [0.5, 0.6) is 0 Å². The van der Waals surface area contributed by atoms with Crippen LogP contribution in [-0.2, 0) is 28.8 Å². The number of primary amides is 1. The maximum atomic E-state index is 13.2. The van der Waals surface area contributed by atoms with Gasteiger partial charge in [0.25, 0.3) is 11.8 Å². The maximum absolute atomic E-state index is 13.2. The Hall–Kier alpha value is -4.01. The summed E-state index contributed by atoms with van der Waals surface area (Å²) in [5.74, 6) is -3.97. The molecule has 0 aromatic rings. The summed E-state index contributed by atoms with van der Waals surface area (Å²) in [5, 5.41) is 19.7. The molecule has 7 amide bonds. The number of imide groups is 1. The number of aliphatic carboxylic acids is 1. The topological polar surface area (TPSA) is 243 Å². The van der Waals surface area contributed by atoms with Crippen LogP contribution in [-0.4, -0.2) is 89.3 Å². The average Bonchev–Trinajstić information content (AvgIpc) is 3.24. The molecule has 15 nitrogen and oxygen atoms in total. The molecule has 1 aliphatic rings. The zero-order valence-corrected chi connectivity index (χ0v) is 24.4. The molecule has 15 heteroatoms. The van der Waals surface area contributed by atoms with Crippen molar-refractivity contribution in [3.63, 3.8) is 0 Å². The molecule has 0 fully saturated rings. The third-order valence-corrected chi connectivity index (χ3v) is 6.62. The number of carbonyl (C=O) groups is 7. The monoisotopic (exact) mass is 595 g/mol. The summed E-state index contributed by atoms with van der Waals surface area (Å²) in [7, 11) is 0. The van der Waals surface area contributed by atoms with E-state index in [2.05, 4.69) is 21.3 Å². The predicted molar refractivity (Wildman–Crippen MR) is 152 cm³/mol. The number of hydrogen-bond donors (Lipinski definition) is 7. The summed E-state index contributed by atoms with van der Waals surface area (Å²) >= 11 is 0. The van der Waals surface area contributed by atoms with Gasteiger partial charge in [0.05, 0.1) is 0 Å². The minimum atomic E-state index is -1.22. The highest BCUT2D eigenvalue weighted by atomic mass is 16.4. The number of carbonyl (C=O) groups excluding carboxylic acids is 6. The van der Waals surface area contributed by atoms with E-state index in [9.17, 15) is 38.7 Å². The molecule has 0 saturated carbocycles. The van der Waals surface area contributed by atoms with Crippen LogP contribution in [0.2, 0.25) is 0 Å². The number of unbranched alkanes of at least 4 members (excludes halogenated alkanes) is 3. The normalized spacial score (nSPS) is 14.8. The van der Waals surface area contributed by atoms with Crippen LogP contribution in [0.4, 0.5) is 4.79 Å². The lowest BCUT2D eigenvalue weighted by Crippen LogP contribution is -2.57. The van der Waals surface area contributed by atoms with E-state index in [4.69, 9.17) is 11.5 Å². The minimum Gasteiger partial charge on any atom is -0.480 e. The molecule has 0 aromatic carbocycles. The standard InChI is InChI=1S/C27H45N7O8/c1-17(2)23(33-20(35)11-4-3-7-16-34-21(36)12-13-22(34)37)25(39)31-18(10-8-15-30-27(29)42)24(38)32-19(26(40)41)9-5-6-14-28/h12-13,17-19,23H,3-11,14-16,28H2,1-2H3,(H,31,39)(H,32,38)(H,33,35)(H,40,41)(H3,29,30,42)/t18-,19-,23-/m0/s1. The van der Waals surface area contributed by atoms with Gasteiger partial charge in [-0.2, -0.15) is 0 Å². The van der Waals surface area contributed by atoms with E-state index in [1.54, 1.807) is 13.8 Å². The van der Waals surface area contributed by atoms with E-state index < -0.39 is 41.9 Å². The lowest BCUT2D eigenvalue weighted by Gasteiger charge is -2.26. The fourth-order valence-electron chi connectivity index (χ4n) is 4.23. The van der Waals surface area contributed by atoms with Crippen LogP contribution < -0.4 is 32.7 Å². The maximum Gasteiger partial charge on any atom is 0.326 e. The first-order valence-corrected chi connectivity index (χ1v) is 14.3. The van der Waals surface area contributed by atoms with Crippen molar-refractivity contribution in [3.05, 3.63) is 12.2 Å². The van der Waals surface area contributed by atoms with Crippen molar-refractivity contribution < 1.29 is 38.7 Å². The Balaban J connectivity index is 2.73. The second kappa shape index (κ2) is 19.2. The van der Waals surface area contributed by atoms with Gasteiger partial charge in [-0.25, -0.2) is 9.59 Å². The Morgan fingerprint density at radius 1 is 0.833 bits per heavy atom. The molecule has 0 unspecified atom stereocenters. The first kappa shape index (κ1) is 36.0. The molecule has 236 valence electrons. The number of hydrogen-bond acceptors (Lipinski definition) is 8. The molecule has 0 saturated heterocycles. The first-order chi connectivity index (χ1) is 19.9. The van der Waals surface area contributed by atoms with Gasteiger partial charge in [-0.15, -0.1) is 0 Å². The third kappa shape index (κ3) is 13.6. The van der Waals surface area contributed by atoms with E-state index in [0.29, 0.717) is 38.6 Å². The van der Waals surface area contributed by atoms with E-state index in [-0.39, 0.29) is 62.4 Å². The number of amides is 7. The molecule has 9 N–H and O–H groups in total. The highest BCUT2D eigenvalue weighted by Crippen LogP contribution is 2.10. The van der Waals surface area contributed by atoms with Gasteiger partial charge in [0, 0.05) is 31.7 Å². The largest absolute Gasteiger partial charge is 0.480 e. The zero-order chi connectivity index (χ0) is 31.7. The molecule has 0 spiro atoms. The van der Waals surface area contributed by atoms with Crippen LogP contribution >= 0.6 is 0 Å². The van der Waals surface area contributed by atoms with Crippen molar-refractivity contribution in [3.8, 4) is 0 Å². The molecule has 0 bridgehead atoms. The Kier molecular flexibility index (Phi) is 16.4. The second-order valence-electron chi connectivity index (χ2n) is 10.4. The molecular formula is C27H45N7O8. The van der Waals surface area contributed by atoms with E-state index in [1.807, 2.05) is 0 Å². The predicted octanol–water partition coefficient (Wildman–Crippen LogP) is -0.756. The van der Waals surface area contributed by atoms with Crippen molar-refractivity contribution in [1.82, 2.24) is 26.2 Å².